The Bertz CT molecular complexity index is 1350. The summed E-state index contributed by atoms with van der Waals surface area (Å²) in [6, 6.07) is 14.1. The lowest BCUT2D eigenvalue weighted by atomic mass is 9.87. The van der Waals surface area contributed by atoms with E-state index in [1.54, 1.807) is 24.3 Å². The minimum Gasteiger partial charge on any atom is -0.478 e. The summed E-state index contributed by atoms with van der Waals surface area (Å²) in [7, 11) is 1.86. The first-order valence-corrected chi connectivity index (χ1v) is 10.0. The number of hydrogen-bond donors (Lipinski definition) is 3. The number of hydrogen-bond acceptors (Lipinski definition) is 5. The molecule has 6 heteroatoms. The Kier molecular flexibility index (Phi) is 5.40. The van der Waals surface area contributed by atoms with E-state index in [2.05, 4.69) is 5.32 Å². The van der Waals surface area contributed by atoms with Gasteiger partial charge >= 0.3 is 5.97 Å². The Morgan fingerprint density at radius 2 is 1.94 bits per heavy atom. The third kappa shape index (κ3) is 3.62. The number of aromatic carboxylic acids is 1. The van der Waals surface area contributed by atoms with E-state index < -0.39 is 5.97 Å². The molecule has 0 bridgehead atoms. The lowest BCUT2D eigenvalue weighted by Gasteiger charge is -2.18. The van der Waals surface area contributed by atoms with Crippen molar-refractivity contribution >= 4 is 23.2 Å². The number of rotatable bonds is 6. The van der Waals surface area contributed by atoms with Crippen LogP contribution in [-0.4, -0.2) is 24.4 Å². The number of carboxylic acids is 1. The number of benzene rings is 3. The van der Waals surface area contributed by atoms with Crippen LogP contribution in [0.5, 0.6) is 0 Å². The highest BCUT2D eigenvalue weighted by Crippen LogP contribution is 2.42. The SMILES string of the molecule is CCc1cc(-c2c3ccc(=N)cc-3oc3cc(CNC)ccc23)c(C(=O)O)cc1C=O. The standard InChI is InChI=1S/C25H22N2O4/c1-3-15-9-20(21(25(29)30)10-16(15)13-28)24-18-6-4-14(12-27-2)8-22(18)31-23-11-17(26)5-7-19(23)24/h4-11,13,26-27H,3,12H2,1-2H3,(H,29,30). The van der Waals surface area contributed by atoms with E-state index in [1.165, 1.54) is 6.07 Å². The smallest absolute Gasteiger partial charge is 0.336 e. The topological polar surface area (TPSA) is 103 Å². The molecule has 31 heavy (non-hydrogen) atoms. The van der Waals surface area contributed by atoms with Crippen molar-refractivity contribution in [2.45, 2.75) is 19.9 Å². The highest BCUT2D eigenvalue weighted by molar-refractivity contribution is 6.08. The molecule has 4 rings (SSSR count). The number of aldehydes is 1. The Morgan fingerprint density at radius 1 is 1.13 bits per heavy atom. The fourth-order valence-electron chi connectivity index (χ4n) is 4.00. The van der Waals surface area contributed by atoms with Gasteiger partial charge in [-0.25, -0.2) is 4.79 Å². The van der Waals surface area contributed by atoms with Crippen LogP contribution in [0.3, 0.4) is 0 Å². The normalized spacial score (nSPS) is 11.2. The zero-order valence-corrected chi connectivity index (χ0v) is 17.3. The molecule has 0 radical (unpaired) electrons. The predicted molar refractivity (Wildman–Crippen MR) is 119 cm³/mol. The first-order valence-electron chi connectivity index (χ1n) is 10.0. The van der Waals surface area contributed by atoms with Gasteiger partial charge in [0, 0.05) is 34.7 Å². The molecule has 1 heterocycles. The molecule has 3 N–H and O–H groups in total. The molecule has 1 aliphatic heterocycles. The molecule has 0 aromatic heterocycles. The second kappa shape index (κ2) is 8.16. The van der Waals surface area contributed by atoms with E-state index in [1.807, 2.05) is 32.2 Å². The van der Waals surface area contributed by atoms with Gasteiger partial charge in [-0.3, -0.25) is 4.79 Å². The molecule has 0 atom stereocenters. The fraction of sp³-hybridized carbons (Fsp3) is 0.160. The van der Waals surface area contributed by atoms with Crippen LogP contribution in [0.25, 0.3) is 33.4 Å². The molecule has 0 saturated carbocycles. The number of aryl methyl sites for hydroxylation is 1. The molecule has 0 unspecified atom stereocenters. The van der Waals surface area contributed by atoms with Crippen molar-refractivity contribution in [2.75, 3.05) is 7.05 Å². The second-order valence-corrected chi connectivity index (χ2v) is 7.42. The van der Waals surface area contributed by atoms with Gasteiger partial charge in [0.2, 0.25) is 0 Å². The molecule has 0 fully saturated rings. The summed E-state index contributed by atoms with van der Waals surface area (Å²) < 4.78 is 6.13. The van der Waals surface area contributed by atoms with Gasteiger partial charge in [-0.15, -0.1) is 0 Å². The van der Waals surface area contributed by atoms with Crippen LogP contribution in [0.1, 0.15) is 38.8 Å². The van der Waals surface area contributed by atoms with Gasteiger partial charge in [-0.05, 0) is 60.5 Å². The average Bonchev–Trinajstić information content (AvgIpc) is 2.76. The Balaban J connectivity index is 2.17. The van der Waals surface area contributed by atoms with E-state index in [0.717, 1.165) is 22.1 Å². The number of carboxylic acid groups (broad SMARTS) is 1. The quantitative estimate of drug-likeness (QED) is 0.319. The van der Waals surface area contributed by atoms with Gasteiger partial charge < -0.3 is 20.2 Å². The highest BCUT2D eigenvalue weighted by Gasteiger charge is 2.23. The van der Waals surface area contributed by atoms with Gasteiger partial charge in [-0.2, -0.15) is 0 Å². The maximum absolute atomic E-state index is 12.2. The van der Waals surface area contributed by atoms with E-state index in [4.69, 9.17) is 9.83 Å². The molecule has 6 nitrogen and oxygen atoms in total. The zero-order chi connectivity index (χ0) is 22.1. The minimum absolute atomic E-state index is 0.0577. The van der Waals surface area contributed by atoms with Crippen molar-refractivity contribution in [2.24, 2.45) is 0 Å². The molecular formula is C25H22N2O4. The summed E-state index contributed by atoms with van der Waals surface area (Å²) >= 11 is 0. The van der Waals surface area contributed by atoms with Gasteiger partial charge in [0.25, 0.3) is 0 Å². The van der Waals surface area contributed by atoms with Crippen LogP contribution in [0.4, 0.5) is 0 Å². The number of carbonyl (C=O) groups is 2. The second-order valence-electron chi connectivity index (χ2n) is 7.42. The summed E-state index contributed by atoms with van der Waals surface area (Å²) in [6.07, 6.45) is 1.29. The van der Waals surface area contributed by atoms with Crippen LogP contribution in [0, 0.1) is 5.41 Å². The van der Waals surface area contributed by atoms with E-state index in [0.29, 0.717) is 52.6 Å². The summed E-state index contributed by atoms with van der Waals surface area (Å²) in [4.78, 5) is 23.7. The molecule has 2 aromatic rings. The third-order valence-electron chi connectivity index (χ3n) is 5.45. The maximum atomic E-state index is 12.2. The average molecular weight is 414 g/mol. The van der Waals surface area contributed by atoms with Gasteiger partial charge in [0.15, 0.2) is 0 Å². The molecule has 156 valence electrons. The van der Waals surface area contributed by atoms with Crippen molar-refractivity contribution in [1.82, 2.24) is 5.32 Å². The van der Waals surface area contributed by atoms with Crippen LogP contribution in [-0.2, 0) is 13.0 Å². The van der Waals surface area contributed by atoms with Crippen molar-refractivity contribution < 1.29 is 19.1 Å². The van der Waals surface area contributed by atoms with Crippen molar-refractivity contribution in [1.29, 1.82) is 5.41 Å². The Labute approximate surface area is 179 Å². The number of nitrogens with one attached hydrogen (secondary N) is 2. The molecular weight excluding hydrogens is 392 g/mol. The zero-order valence-electron chi connectivity index (χ0n) is 17.3. The maximum Gasteiger partial charge on any atom is 0.336 e. The highest BCUT2D eigenvalue weighted by atomic mass is 16.4. The number of fused-ring (bicyclic) bond motifs is 2. The molecule has 0 amide bonds. The minimum atomic E-state index is -1.10. The van der Waals surface area contributed by atoms with Crippen LogP contribution >= 0.6 is 0 Å². The summed E-state index contributed by atoms with van der Waals surface area (Å²) in [6.45, 7) is 2.59. The molecule has 1 aliphatic carbocycles. The summed E-state index contributed by atoms with van der Waals surface area (Å²) in [5.41, 5.74) is 4.81. The Morgan fingerprint density at radius 3 is 2.61 bits per heavy atom. The third-order valence-corrected chi connectivity index (χ3v) is 5.45. The number of carbonyl (C=O) groups excluding carboxylic acids is 1. The largest absolute Gasteiger partial charge is 0.478 e. The van der Waals surface area contributed by atoms with Crippen molar-refractivity contribution in [3.8, 4) is 22.5 Å². The van der Waals surface area contributed by atoms with Gasteiger partial charge in [0.1, 0.15) is 17.6 Å². The van der Waals surface area contributed by atoms with E-state index in [-0.39, 0.29) is 5.56 Å². The summed E-state index contributed by atoms with van der Waals surface area (Å²) in [5.74, 6) is -0.600. The first kappa shape index (κ1) is 20.5. The van der Waals surface area contributed by atoms with E-state index >= 15 is 0 Å². The predicted octanol–water partition coefficient (Wildman–Crippen LogP) is 4.48. The van der Waals surface area contributed by atoms with Crippen molar-refractivity contribution in [3.63, 3.8) is 0 Å². The lowest BCUT2D eigenvalue weighted by Crippen LogP contribution is -2.07. The monoisotopic (exact) mass is 414 g/mol. The van der Waals surface area contributed by atoms with Gasteiger partial charge in [0.05, 0.1) is 10.9 Å². The molecule has 0 saturated heterocycles. The first-order chi connectivity index (χ1) is 15.0. The lowest BCUT2D eigenvalue weighted by molar-refractivity contribution is 0.0697. The Hall–Kier alpha value is -3.77. The van der Waals surface area contributed by atoms with E-state index in [9.17, 15) is 14.7 Å². The van der Waals surface area contributed by atoms with Gasteiger partial charge in [-0.1, -0.05) is 19.1 Å². The molecule has 2 aliphatic rings. The van der Waals surface area contributed by atoms with Crippen LogP contribution in [0.15, 0.2) is 52.9 Å². The molecule has 2 aromatic carbocycles. The summed E-state index contributed by atoms with van der Waals surface area (Å²) in [5, 5.41) is 22.1. The van der Waals surface area contributed by atoms with Crippen LogP contribution < -0.4 is 10.7 Å². The van der Waals surface area contributed by atoms with Crippen LogP contribution in [0.2, 0.25) is 0 Å². The fourth-order valence-corrected chi connectivity index (χ4v) is 4.00. The van der Waals surface area contributed by atoms with Crippen molar-refractivity contribution in [3.05, 3.63) is 76.1 Å². The molecule has 0 spiro atoms.